The SMILES string of the molecule is CCN(C)S(=O)(=O)Nc1ccc(F)c(Oc2ccc3ncn(-c4cnc(N5CCNCC5)nc4)c(=O)c3c2COC)c1C#N. The summed E-state index contributed by atoms with van der Waals surface area (Å²) < 4.78 is 56.3. The second kappa shape index (κ2) is 12.9. The molecule has 0 radical (unpaired) electrons. The fourth-order valence-corrected chi connectivity index (χ4v) is 5.58. The Balaban J connectivity index is 1.57. The number of hydrogen-bond donors (Lipinski definition) is 2. The minimum Gasteiger partial charge on any atom is -0.452 e. The topological polar surface area (TPSA) is 168 Å². The number of benzene rings is 2. The van der Waals surface area contributed by atoms with E-state index >= 15 is 4.39 Å². The van der Waals surface area contributed by atoms with E-state index in [9.17, 15) is 18.5 Å². The Kier molecular flexibility index (Phi) is 9.01. The number of ether oxygens (including phenoxy) is 2. The van der Waals surface area contributed by atoms with Gasteiger partial charge in [0.1, 0.15) is 23.7 Å². The zero-order valence-electron chi connectivity index (χ0n) is 24.2. The van der Waals surface area contributed by atoms with E-state index in [4.69, 9.17) is 9.47 Å². The molecule has 2 aromatic carbocycles. The highest BCUT2D eigenvalue weighted by atomic mass is 32.2. The first-order valence-corrected chi connectivity index (χ1v) is 15.1. The lowest BCUT2D eigenvalue weighted by Gasteiger charge is -2.27. The van der Waals surface area contributed by atoms with Crippen molar-refractivity contribution >= 4 is 32.7 Å². The minimum atomic E-state index is -4.02. The van der Waals surface area contributed by atoms with Crippen LogP contribution in [0.2, 0.25) is 0 Å². The summed E-state index contributed by atoms with van der Waals surface area (Å²) in [7, 11) is -1.25. The quantitative estimate of drug-likeness (QED) is 0.266. The number of rotatable bonds is 10. The molecule has 0 saturated carbocycles. The van der Waals surface area contributed by atoms with Gasteiger partial charge in [-0.15, -0.1) is 0 Å². The minimum absolute atomic E-state index is 0.0161. The van der Waals surface area contributed by atoms with Gasteiger partial charge >= 0.3 is 10.2 Å². The number of methoxy groups -OCH3 is 1. The van der Waals surface area contributed by atoms with Gasteiger partial charge in [-0.3, -0.25) is 14.1 Å². The largest absolute Gasteiger partial charge is 0.452 e. The molecule has 3 heterocycles. The number of nitrogens with one attached hydrogen (secondary N) is 2. The maximum Gasteiger partial charge on any atom is 0.301 e. The molecule has 2 N–H and O–H groups in total. The van der Waals surface area contributed by atoms with Gasteiger partial charge in [0.05, 0.1) is 41.3 Å². The van der Waals surface area contributed by atoms with Gasteiger partial charge in [0.15, 0.2) is 11.6 Å². The monoisotopic (exact) mass is 623 g/mol. The Morgan fingerprint density at radius 3 is 2.55 bits per heavy atom. The molecular weight excluding hydrogens is 593 g/mol. The van der Waals surface area contributed by atoms with E-state index in [-0.39, 0.29) is 41.1 Å². The summed E-state index contributed by atoms with van der Waals surface area (Å²) in [6, 6.07) is 6.93. The van der Waals surface area contributed by atoms with E-state index in [0.29, 0.717) is 17.2 Å². The second-order valence-corrected chi connectivity index (χ2v) is 11.6. The van der Waals surface area contributed by atoms with E-state index in [2.05, 4.69) is 25.0 Å². The molecule has 0 amide bonds. The number of fused-ring (bicyclic) bond motifs is 1. The number of hydrogen-bond acceptors (Lipinski definition) is 11. The van der Waals surface area contributed by atoms with Crippen LogP contribution in [-0.4, -0.2) is 79.1 Å². The zero-order chi connectivity index (χ0) is 31.4. The third-order valence-corrected chi connectivity index (χ3v) is 8.67. The Hall–Kier alpha value is -4.69. The molecule has 230 valence electrons. The van der Waals surface area contributed by atoms with E-state index in [1.807, 2.05) is 11.0 Å². The Morgan fingerprint density at radius 2 is 1.89 bits per heavy atom. The molecule has 1 fully saturated rings. The molecule has 0 aliphatic carbocycles. The van der Waals surface area contributed by atoms with Gasteiger partial charge in [0.25, 0.3) is 5.56 Å². The fraction of sp³-hybridized carbons (Fsp3) is 0.321. The highest BCUT2D eigenvalue weighted by Gasteiger charge is 2.24. The second-order valence-electron chi connectivity index (χ2n) is 9.80. The van der Waals surface area contributed by atoms with Gasteiger partial charge in [0, 0.05) is 52.4 Å². The standard InChI is InChI=1S/C28H30FN9O5S/c1-4-36(2)44(40,41)35-22-6-5-21(29)26(19(22)13-30)43-24-8-7-23-25(20(24)16-42-3)27(39)38(17-34-23)18-14-32-28(33-15-18)37-11-9-31-10-12-37/h5-8,14-15,17,31,35H,4,9-12,16H2,1-3H3. The summed E-state index contributed by atoms with van der Waals surface area (Å²) in [5.74, 6) is -0.872. The van der Waals surface area contributed by atoms with Gasteiger partial charge in [-0.25, -0.2) is 19.3 Å². The van der Waals surface area contributed by atoms with E-state index in [1.165, 1.54) is 49.6 Å². The third-order valence-electron chi connectivity index (χ3n) is 7.11. The number of halogens is 1. The van der Waals surface area contributed by atoms with Crippen LogP contribution in [0.5, 0.6) is 11.5 Å². The lowest BCUT2D eigenvalue weighted by atomic mass is 10.1. The molecule has 5 rings (SSSR count). The lowest BCUT2D eigenvalue weighted by Crippen LogP contribution is -2.44. The summed E-state index contributed by atoms with van der Waals surface area (Å²) in [5, 5.41) is 13.3. The van der Waals surface area contributed by atoms with E-state index < -0.39 is 27.3 Å². The van der Waals surface area contributed by atoms with Gasteiger partial charge < -0.3 is 19.7 Å². The molecule has 4 aromatic rings. The van der Waals surface area contributed by atoms with E-state index in [0.717, 1.165) is 42.6 Å². The fourth-order valence-electron chi connectivity index (χ4n) is 4.64. The molecule has 1 aliphatic rings. The molecule has 14 nitrogen and oxygen atoms in total. The Morgan fingerprint density at radius 1 is 1.16 bits per heavy atom. The van der Waals surface area contributed by atoms with Gasteiger partial charge in [-0.2, -0.15) is 18.0 Å². The molecule has 0 spiro atoms. The van der Waals surface area contributed by atoms with Crippen molar-refractivity contribution in [3.8, 4) is 23.3 Å². The van der Waals surface area contributed by atoms with Crippen LogP contribution in [0.15, 0.2) is 47.8 Å². The number of nitriles is 1. The van der Waals surface area contributed by atoms with Crippen molar-refractivity contribution < 1.29 is 22.3 Å². The number of piperazine rings is 1. The maximum absolute atomic E-state index is 15.1. The molecule has 0 atom stereocenters. The molecular formula is C28H30FN9O5S. The van der Waals surface area contributed by atoms with Crippen molar-refractivity contribution in [2.75, 3.05) is 56.5 Å². The predicted molar refractivity (Wildman–Crippen MR) is 161 cm³/mol. The summed E-state index contributed by atoms with van der Waals surface area (Å²) in [4.78, 5) is 29.2. The van der Waals surface area contributed by atoms with Crippen molar-refractivity contribution in [2.45, 2.75) is 13.5 Å². The molecule has 0 unspecified atom stereocenters. The van der Waals surface area contributed by atoms with Crippen LogP contribution in [0.3, 0.4) is 0 Å². The summed E-state index contributed by atoms with van der Waals surface area (Å²) in [6.45, 7) is 4.85. The van der Waals surface area contributed by atoms with Crippen LogP contribution in [0.1, 0.15) is 18.1 Å². The number of nitrogens with zero attached hydrogens (tertiary/aromatic N) is 7. The van der Waals surface area contributed by atoms with Crippen LogP contribution in [-0.2, 0) is 21.6 Å². The highest BCUT2D eigenvalue weighted by Crippen LogP contribution is 2.36. The molecule has 16 heteroatoms. The molecule has 0 bridgehead atoms. The van der Waals surface area contributed by atoms with Crippen LogP contribution in [0.25, 0.3) is 16.6 Å². The Bertz CT molecular complexity index is 1890. The van der Waals surface area contributed by atoms with Crippen molar-refractivity contribution in [2.24, 2.45) is 0 Å². The summed E-state index contributed by atoms with van der Waals surface area (Å²) in [5.41, 5.74) is -0.0772. The average molecular weight is 624 g/mol. The van der Waals surface area contributed by atoms with Gasteiger partial charge in [-0.1, -0.05) is 6.92 Å². The van der Waals surface area contributed by atoms with E-state index in [1.54, 1.807) is 6.92 Å². The predicted octanol–water partition coefficient (Wildman–Crippen LogP) is 2.14. The van der Waals surface area contributed by atoms with Crippen LogP contribution < -0.4 is 25.2 Å². The van der Waals surface area contributed by atoms with Crippen LogP contribution >= 0.6 is 0 Å². The molecule has 1 aliphatic heterocycles. The third kappa shape index (κ3) is 6.03. The smallest absolute Gasteiger partial charge is 0.301 e. The number of anilines is 2. The van der Waals surface area contributed by atoms with Crippen molar-refractivity contribution in [3.63, 3.8) is 0 Å². The normalized spacial score (nSPS) is 13.7. The maximum atomic E-state index is 15.1. The van der Waals surface area contributed by atoms with Gasteiger partial charge in [0.2, 0.25) is 5.95 Å². The van der Waals surface area contributed by atoms with Gasteiger partial charge in [-0.05, 0) is 24.3 Å². The van der Waals surface area contributed by atoms with Crippen molar-refractivity contribution in [1.29, 1.82) is 5.26 Å². The Labute approximate surface area is 252 Å². The average Bonchev–Trinajstić information content (AvgIpc) is 3.03. The lowest BCUT2D eigenvalue weighted by molar-refractivity contribution is 0.183. The van der Waals surface area contributed by atoms with Crippen molar-refractivity contribution in [1.82, 2.24) is 29.1 Å². The first kappa shape index (κ1) is 30.8. The highest BCUT2D eigenvalue weighted by molar-refractivity contribution is 7.90. The van der Waals surface area contributed by atoms with Crippen LogP contribution in [0, 0.1) is 17.1 Å². The first-order chi connectivity index (χ1) is 21.2. The molecule has 1 saturated heterocycles. The van der Waals surface area contributed by atoms with Crippen LogP contribution in [0.4, 0.5) is 16.0 Å². The molecule has 2 aromatic heterocycles. The summed E-state index contributed by atoms with van der Waals surface area (Å²) in [6.07, 6.45) is 4.43. The number of aromatic nitrogens is 4. The molecule has 44 heavy (non-hydrogen) atoms. The first-order valence-electron chi connectivity index (χ1n) is 13.6. The summed E-state index contributed by atoms with van der Waals surface area (Å²) >= 11 is 0. The van der Waals surface area contributed by atoms with Crippen molar-refractivity contribution in [3.05, 3.63) is 70.3 Å². The zero-order valence-corrected chi connectivity index (χ0v) is 25.1.